The van der Waals surface area contributed by atoms with E-state index >= 15 is 0 Å². The Morgan fingerprint density at radius 3 is 2.64 bits per heavy atom. The molecule has 3 rings (SSSR count). The largest absolute Gasteiger partial charge is 0.444 e. The Balaban J connectivity index is 1.64. The van der Waals surface area contributed by atoms with Crippen LogP contribution in [0.25, 0.3) is 10.8 Å². The maximum absolute atomic E-state index is 12.3. The summed E-state index contributed by atoms with van der Waals surface area (Å²) in [7, 11) is 0. The van der Waals surface area contributed by atoms with Gasteiger partial charge in [-0.25, -0.2) is 4.79 Å². The van der Waals surface area contributed by atoms with Gasteiger partial charge < -0.3 is 15.0 Å². The molecule has 1 saturated heterocycles. The first-order valence-electron chi connectivity index (χ1n) is 9.14. The predicted octanol–water partition coefficient (Wildman–Crippen LogP) is 5.04. The molecule has 2 aromatic carbocycles. The predicted molar refractivity (Wildman–Crippen MR) is 103 cm³/mol. The Kier molecular flexibility index (Phi) is 5.16. The number of hydrogen-bond donors (Lipinski definition) is 1. The third kappa shape index (κ3) is 4.65. The van der Waals surface area contributed by atoms with Crippen molar-refractivity contribution in [2.75, 3.05) is 18.4 Å². The normalized spacial score (nSPS) is 18.7. The average molecular weight is 340 g/mol. The lowest BCUT2D eigenvalue weighted by Gasteiger charge is -2.26. The number of nitrogens with zero attached hydrogens (tertiary/aromatic N) is 1. The molecule has 4 heteroatoms. The first-order valence-corrected chi connectivity index (χ1v) is 9.14. The Hall–Kier alpha value is -2.23. The smallest absolute Gasteiger partial charge is 0.410 e. The highest BCUT2D eigenvalue weighted by atomic mass is 16.6. The fourth-order valence-electron chi connectivity index (χ4n) is 3.32. The van der Waals surface area contributed by atoms with Crippen LogP contribution in [-0.2, 0) is 4.74 Å². The molecule has 0 aliphatic carbocycles. The molecule has 25 heavy (non-hydrogen) atoms. The van der Waals surface area contributed by atoms with Gasteiger partial charge in [0, 0.05) is 30.2 Å². The summed E-state index contributed by atoms with van der Waals surface area (Å²) in [5.41, 5.74) is 0.734. The maximum atomic E-state index is 12.3. The minimum atomic E-state index is -0.440. The van der Waals surface area contributed by atoms with Crippen LogP contribution in [0.3, 0.4) is 0 Å². The number of amides is 1. The van der Waals surface area contributed by atoms with Crippen molar-refractivity contribution in [1.29, 1.82) is 0 Å². The van der Waals surface area contributed by atoms with Crippen LogP contribution in [0.4, 0.5) is 10.5 Å². The van der Waals surface area contributed by atoms with Gasteiger partial charge >= 0.3 is 6.09 Å². The topological polar surface area (TPSA) is 41.6 Å². The molecule has 2 aromatic rings. The van der Waals surface area contributed by atoms with Crippen LogP contribution in [0.1, 0.15) is 40.0 Å². The van der Waals surface area contributed by atoms with Crippen LogP contribution in [-0.4, -0.2) is 35.7 Å². The standard InChI is InChI=1S/C21H28N2O2/c1-21(2,3)25-20(24)23-14-7-10-17(13-15-23)22-19-12-6-9-16-8-4-5-11-18(16)19/h4-6,8-9,11-12,17,22H,7,10,13-15H2,1-3H3. The number of anilines is 1. The summed E-state index contributed by atoms with van der Waals surface area (Å²) >= 11 is 0. The highest BCUT2D eigenvalue weighted by Crippen LogP contribution is 2.26. The van der Waals surface area contributed by atoms with Gasteiger partial charge in [-0.1, -0.05) is 36.4 Å². The van der Waals surface area contributed by atoms with Gasteiger partial charge in [0.05, 0.1) is 0 Å². The van der Waals surface area contributed by atoms with Crippen molar-refractivity contribution in [1.82, 2.24) is 4.90 Å². The molecule has 1 amide bonds. The number of fused-ring (bicyclic) bond motifs is 1. The second-order valence-corrected chi connectivity index (χ2v) is 7.77. The molecule has 1 heterocycles. The van der Waals surface area contributed by atoms with Gasteiger partial charge in [0.2, 0.25) is 0 Å². The van der Waals surface area contributed by atoms with Crippen LogP contribution < -0.4 is 5.32 Å². The van der Waals surface area contributed by atoms with E-state index in [0.29, 0.717) is 6.04 Å². The van der Waals surface area contributed by atoms with E-state index in [4.69, 9.17) is 4.74 Å². The summed E-state index contributed by atoms with van der Waals surface area (Å²) in [5, 5.41) is 6.19. The molecule has 1 atom stereocenters. The molecule has 1 aliphatic rings. The summed E-state index contributed by atoms with van der Waals surface area (Å²) in [5.74, 6) is 0. The van der Waals surface area contributed by atoms with Crippen molar-refractivity contribution < 1.29 is 9.53 Å². The molecule has 1 unspecified atom stereocenters. The number of ether oxygens (including phenoxy) is 1. The Bertz CT molecular complexity index is 731. The summed E-state index contributed by atoms with van der Waals surface area (Å²) in [6.07, 6.45) is 2.78. The molecule has 0 spiro atoms. The van der Waals surface area contributed by atoms with E-state index in [-0.39, 0.29) is 6.09 Å². The lowest BCUT2D eigenvalue weighted by molar-refractivity contribution is 0.0256. The van der Waals surface area contributed by atoms with E-state index in [1.54, 1.807) is 0 Å². The second kappa shape index (κ2) is 7.34. The summed E-state index contributed by atoms with van der Waals surface area (Å²) in [6.45, 7) is 7.23. The molecule has 0 radical (unpaired) electrons. The average Bonchev–Trinajstić information content (AvgIpc) is 2.79. The third-order valence-corrected chi connectivity index (χ3v) is 4.53. The van der Waals surface area contributed by atoms with Crippen molar-refractivity contribution in [2.45, 2.75) is 51.7 Å². The SMILES string of the molecule is CC(C)(C)OC(=O)N1CCCC(Nc2cccc3ccccc23)CC1. The van der Waals surface area contributed by atoms with Gasteiger partial charge in [-0.2, -0.15) is 0 Å². The molecular formula is C21H28N2O2. The van der Waals surface area contributed by atoms with Gasteiger partial charge in [0.25, 0.3) is 0 Å². The van der Waals surface area contributed by atoms with Crippen LogP contribution in [0.5, 0.6) is 0 Å². The molecule has 1 N–H and O–H groups in total. The molecule has 4 nitrogen and oxygen atoms in total. The third-order valence-electron chi connectivity index (χ3n) is 4.53. The Labute approximate surface area is 150 Å². The zero-order valence-electron chi connectivity index (χ0n) is 15.4. The number of rotatable bonds is 2. The summed E-state index contributed by atoms with van der Waals surface area (Å²) in [4.78, 5) is 14.1. The summed E-state index contributed by atoms with van der Waals surface area (Å²) in [6, 6.07) is 15.2. The molecule has 1 fully saturated rings. The number of benzene rings is 2. The van der Waals surface area contributed by atoms with Crippen LogP contribution >= 0.6 is 0 Å². The Morgan fingerprint density at radius 1 is 1.08 bits per heavy atom. The van der Waals surface area contributed by atoms with Gasteiger partial charge in [-0.05, 0) is 51.5 Å². The van der Waals surface area contributed by atoms with Gasteiger partial charge in [-0.15, -0.1) is 0 Å². The highest BCUT2D eigenvalue weighted by molar-refractivity contribution is 5.93. The summed E-state index contributed by atoms with van der Waals surface area (Å²) < 4.78 is 5.51. The van der Waals surface area contributed by atoms with E-state index in [1.165, 1.54) is 16.5 Å². The number of likely N-dealkylation sites (tertiary alicyclic amines) is 1. The zero-order valence-corrected chi connectivity index (χ0v) is 15.4. The van der Waals surface area contributed by atoms with E-state index < -0.39 is 5.60 Å². The second-order valence-electron chi connectivity index (χ2n) is 7.77. The van der Waals surface area contributed by atoms with Crippen LogP contribution in [0.2, 0.25) is 0 Å². The molecule has 134 valence electrons. The van der Waals surface area contributed by atoms with Crippen molar-refractivity contribution >= 4 is 22.6 Å². The van der Waals surface area contributed by atoms with E-state index in [1.807, 2.05) is 25.7 Å². The van der Waals surface area contributed by atoms with Crippen molar-refractivity contribution in [2.24, 2.45) is 0 Å². The molecular weight excluding hydrogens is 312 g/mol. The lowest BCUT2D eigenvalue weighted by atomic mass is 10.1. The minimum absolute atomic E-state index is 0.196. The fourth-order valence-corrected chi connectivity index (χ4v) is 3.32. The molecule has 1 aliphatic heterocycles. The molecule has 0 aromatic heterocycles. The number of hydrogen-bond acceptors (Lipinski definition) is 3. The monoisotopic (exact) mass is 340 g/mol. The first kappa shape index (κ1) is 17.6. The quantitative estimate of drug-likeness (QED) is 0.832. The van der Waals surface area contributed by atoms with Crippen molar-refractivity contribution in [3.8, 4) is 0 Å². The van der Waals surface area contributed by atoms with Gasteiger partial charge in [0.1, 0.15) is 5.60 Å². The molecule has 0 bridgehead atoms. The van der Waals surface area contributed by atoms with Crippen molar-refractivity contribution in [3.63, 3.8) is 0 Å². The lowest BCUT2D eigenvalue weighted by Crippen LogP contribution is -2.37. The van der Waals surface area contributed by atoms with E-state index in [9.17, 15) is 4.79 Å². The number of carbonyl (C=O) groups excluding carboxylic acids is 1. The molecule has 0 saturated carbocycles. The minimum Gasteiger partial charge on any atom is -0.444 e. The maximum Gasteiger partial charge on any atom is 0.410 e. The van der Waals surface area contributed by atoms with Crippen molar-refractivity contribution in [3.05, 3.63) is 42.5 Å². The highest BCUT2D eigenvalue weighted by Gasteiger charge is 2.25. The van der Waals surface area contributed by atoms with Gasteiger partial charge in [-0.3, -0.25) is 0 Å². The fraction of sp³-hybridized carbons (Fsp3) is 0.476. The number of carbonyl (C=O) groups is 1. The Morgan fingerprint density at radius 2 is 1.84 bits per heavy atom. The van der Waals surface area contributed by atoms with Crippen LogP contribution in [0, 0.1) is 0 Å². The van der Waals surface area contributed by atoms with Gasteiger partial charge in [0.15, 0.2) is 0 Å². The van der Waals surface area contributed by atoms with E-state index in [0.717, 1.165) is 32.4 Å². The zero-order chi connectivity index (χ0) is 17.9. The van der Waals surface area contributed by atoms with Crippen LogP contribution in [0.15, 0.2) is 42.5 Å². The first-order chi connectivity index (χ1) is 11.9. The number of nitrogens with one attached hydrogen (secondary N) is 1. The van der Waals surface area contributed by atoms with E-state index in [2.05, 4.69) is 47.8 Å².